The number of carbonyl (C=O) groups excluding carboxylic acids is 1. The number of primary amides is 1. The molecule has 1 aliphatic rings. The molecule has 0 aromatic heterocycles. The number of carbonyl (C=O) groups is 1. The summed E-state index contributed by atoms with van der Waals surface area (Å²) < 4.78 is 5.01. The topological polar surface area (TPSA) is 76.7 Å². The van der Waals surface area contributed by atoms with E-state index in [0.29, 0.717) is 19.1 Å². The Bertz CT molecular complexity index is 246. The summed E-state index contributed by atoms with van der Waals surface area (Å²) in [5, 5.41) is 4.12. The first-order valence-corrected chi connectivity index (χ1v) is 5.94. The molecule has 0 aromatic rings. The third-order valence-corrected chi connectivity index (χ3v) is 3.10. The number of ether oxygens (including phenoxy) is 1. The summed E-state index contributed by atoms with van der Waals surface area (Å²) >= 11 is 1.73. The van der Waals surface area contributed by atoms with Crippen molar-refractivity contribution in [2.75, 3.05) is 32.1 Å². The van der Waals surface area contributed by atoms with Gasteiger partial charge in [0.25, 0.3) is 0 Å². The molecule has 0 bridgehead atoms. The largest absolute Gasteiger partial charge is 0.370 e. The molecule has 1 rings (SSSR count). The van der Waals surface area contributed by atoms with Crippen molar-refractivity contribution in [3.8, 4) is 0 Å². The smallest absolute Gasteiger partial charge is 0.243 e. The van der Waals surface area contributed by atoms with Crippen LogP contribution < -0.4 is 11.1 Å². The Morgan fingerprint density at radius 2 is 2.60 bits per heavy atom. The predicted molar refractivity (Wildman–Crippen MR) is 61.9 cm³/mol. The third kappa shape index (κ3) is 5.64. The third-order valence-electron chi connectivity index (χ3n) is 1.82. The fourth-order valence-electron chi connectivity index (χ4n) is 1.07. The maximum atomic E-state index is 10.3. The van der Waals surface area contributed by atoms with Crippen molar-refractivity contribution in [1.82, 2.24) is 5.32 Å². The molecule has 5 nitrogen and oxygen atoms in total. The molecule has 1 unspecified atom stereocenters. The first kappa shape index (κ1) is 12.3. The summed E-state index contributed by atoms with van der Waals surface area (Å²) in [6.45, 7) is 4.19. The predicted octanol–water partition coefficient (Wildman–Crippen LogP) is -0.183. The normalized spacial score (nSPS) is 20.9. The molecular weight excluding hydrogens is 214 g/mol. The molecule has 1 amide bonds. The van der Waals surface area contributed by atoms with Crippen LogP contribution in [0.3, 0.4) is 0 Å². The number of aliphatic imine (C=N–C) groups is 1. The summed E-state index contributed by atoms with van der Waals surface area (Å²) in [7, 11) is 0. The number of amidine groups is 1. The lowest BCUT2D eigenvalue weighted by Crippen LogP contribution is -2.30. The maximum absolute atomic E-state index is 10.3. The van der Waals surface area contributed by atoms with Crippen LogP contribution in [-0.2, 0) is 9.53 Å². The Kier molecular flexibility index (Phi) is 5.49. The van der Waals surface area contributed by atoms with Crippen LogP contribution in [0.4, 0.5) is 0 Å². The van der Waals surface area contributed by atoms with Crippen LogP contribution in [0, 0.1) is 5.92 Å². The van der Waals surface area contributed by atoms with Crippen molar-refractivity contribution in [1.29, 1.82) is 0 Å². The van der Waals surface area contributed by atoms with E-state index < -0.39 is 5.91 Å². The lowest BCUT2D eigenvalue weighted by molar-refractivity contribution is -0.122. The zero-order valence-electron chi connectivity index (χ0n) is 8.86. The van der Waals surface area contributed by atoms with Crippen molar-refractivity contribution in [2.45, 2.75) is 6.92 Å². The Labute approximate surface area is 93.8 Å². The van der Waals surface area contributed by atoms with Gasteiger partial charge in [-0.15, -0.1) is 0 Å². The van der Waals surface area contributed by atoms with E-state index in [1.807, 2.05) is 0 Å². The van der Waals surface area contributed by atoms with E-state index >= 15 is 0 Å². The van der Waals surface area contributed by atoms with Gasteiger partial charge >= 0.3 is 0 Å². The number of nitrogens with two attached hydrogens (primary N) is 1. The second-order valence-electron chi connectivity index (χ2n) is 3.51. The lowest BCUT2D eigenvalue weighted by atomic mass is 10.2. The van der Waals surface area contributed by atoms with Gasteiger partial charge in [-0.3, -0.25) is 9.79 Å². The summed E-state index contributed by atoms with van der Waals surface area (Å²) in [5.74, 6) is 1.33. The van der Waals surface area contributed by atoms with Gasteiger partial charge in [0.1, 0.15) is 6.61 Å². The van der Waals surface area contributed by atoms with E-state index in [1.165, 1.54) is 0 Å². The van der Waals surface area contributed by atoms with Crippen LogP contribution >= 0.6 is 11.8 Å². The Morgan fingerprint density at radius 3 is 3.20 bits per heavy atom. The quantitative estimate of drug-likeness (QED) is 0.643. The highest BCUT2D eigenvalue weighted by Gasteiger charge is 2.10. The Morgan fingerprint density at radius 1 is 1.80 bits per heavy atom. The molecular formula is C9H17N3O2S. The van der Waals surface area contributed by atoms with Crippen molar-refractivity contribution in [3.63, 3.8) is 0 Å². The summed E-state index contributed by atoms with van der Waals surface area (Å²) in [6.07, 6.45) is 0. The van der Waals surface area contributed by atoms with Crippen LogP contribution in [-0.4, -0.2) is 43.1 Å². The highest BCUT2D eigenvalue weighted by Crippen LogP contribution is 2.15. The second-order valence-corrected chi connectivity index (χ2v) is 4.52. The molecule has 6 heteroatoms. The summed E-state index contributed by atoms with van der Waals surface area (Å²) in [6, 6.07) is 0. The number of nitrogens with zero attached hydrogens (tertiary/aromatic N) is 1. The highest BCUT2D eigenvalue weighted by atomic mass is 32.2. The first-order chi connectivity index (χ1) is 7.18. The molecule has 1 aliphatic heterocycles. The van der Waals surface area contributed by atoms with Gasteiger partial charge in [0.2, 0.25) is 5.91 Å². The molecule has 86 valence electrons. The van der Waals surface area contributed by atoms with E-state index in [0.717, 1.165) is 17.5 Å². The molecule has 0 spiro atoms. The standard InChI is InChI=1S/C9H17N3O2S/c1-7-4-12-9(15-6-7)11-2-3-14-5-8(10)13/h7H,2-6H2,1H3,(H2,10,13)(H,11,12). The molecule has 0 aliphatic carbocycles. The average Bonchev–Trinajstić information content (AvgIpc) is 2.20. The minimum absolute atomic E-state index is 0.0155. The molecule has 0 radical (unpaired) electrons. The van der Waals surface area contributed by atoms with E-state index in [9.17, 15) is 4.79 Å². The first-order valence-electron chi connectivity index (χ1n) is 4.95. The fraction of sp³-hybridized carbons (Fsp3) is 0.778. The van der Waals surface area contributed by atoms with Gasteiger partial charge in [0.05, 0.1) is 6.61 Å². The van der Waals surface area contributed by atoms with Gasteiger partial charge in [0.15, 0.2) is 5.17 Å². The minimum atomic E-state index is -0.437. The molecule has 15 heavy (non-hydrogen) atoms. The van der Waals surface area contributed by atoms with Gasteiger partial charge in [-0.25, -0.2) is 0 Å². The van der Waals surface area contributed by atoms with E-state index in [-0.39, 0.29) is 6.61 Å². The summed E-state index contributed by atoms with van der Waals surface area (Å²) in [5.41, 5.74) is 4.92. The van der Waals surface area contributed by atoms with Gasteiger partial charge < -0.3 is 15.8 Å². The van der Waals surface area contributed by atoms with E-state index in [4.69, 9.17) is 10.5 Å². The highest BCUT2D eigenvalue weighted by molar-refractivity contribution is 8.13. The molecule has 0 saturated heterocycles. The SMILES string of the molecule is CC1CN=C(NCCOCC(N)=O)SC1. The maximum Gasteiger partial charge on any atom is 0.243 e. The fourth-order valence-corrected chi connectivity index (χ4v) is 1.99. The number of hydrogen-bond donors (Lipinski definition) is 2. The number of rotatable bonds is 5. The van der Waals surface area contributed by atoms with E-state index in [2.05, 4.69) is 17.2 Å². The number of hydrogen-bond acceptors (Lipinski definition) is 5. The second kappa shape index (κ2) is 6.68. The Balaban J connectivity index is 2.03. The van der Waals surface area contributed by atoms with Crippen LogP contribution in [0.25, 0.3) is 0 Å². The van der Waals surface area contributed by atoms with Gasteiger partial charge in [-0.2, -0.15) is 0 Å². The van der Waals surface area contributed by atoms with Crippen molar-refractivity contribution in [2.24, 2.45) is 16.6 Å². The van der Waals surface area contributed by atoms with Crippen LogP contribution in [0.15, 0.2) is 4.99 Å². The van der Waals surface area contributed by atoms with Crippen molar-refractivity contribution in [3.05, 3.63) is 0 Å². The van der Waals surface area contributed by atoms with Gasteiger partial charge in [0, 0.05) is 18.8 Å². The van der Waals surface area contributed by atoms with Crippen LogP contribution in [0.5, 0.6) is 0 Å². The molecule has 0 saturated carbocycles. The van der Waals surface area contributed by atoms with Crippen LogP contribution in [0.1, 0.15) is 6.92 Å². The monoisotopic (exact) mass is 231 g/mol. The lowest BCUT2D eigenvalue weighted by Gasteiger charge is -2.17. The summed E-state index contributed by atoms with van der Waals surface area (Å²) in [4.78, 5) is 14.7. The molecule has 0 fully saturated rings. The van der Waals surface area contributed by atoms with Gasteiger partial charge in [-0.1, -0.05) is 18.7 Å². The van der Waals surface area contributed by atoms with Gasteiger partial charge in [-0.05, 0) is 5.92 Å². The number of nitrogens with one attached hydrogen (secondary N) is 1. The Hall–Kier alpha value is -0.750. The van der Waals surface area contributed by atoms with Crippen molar-refractivity contribution < 1.29 is 9.53 Å². The molecule has 0 aromatic carbocycles. The number of thioether (sulfide) groups is 1. The zero-order valence-corrected chi connectivity index (χ0v) is 9.68. The number of amides is 1. The minimum Gasteiger partial charge on any atom is -0.370 e. The zero-order chi connectivity index (χ0) is 11.1. The molecule has 1 atom stereocenters. The average molecular weight is 231 g/mol. The van der Waals surface area contributed by atoms with Crippen molar-refractivity contribution >= 4 is 22.8 Å². The molecule has 1 heterocycles. The molecule has 3 N–H and O–H groups in total. The van der Waals surface area contributed by atoms with E-state index in [1.54, 1.807) is 11.8 Å². The van der Waals surface area contributed by atoms with Crippen LogP contribution in [0.2, 0.25) is 0 Å².